The van der Waals surface area contributed by atoms with E-state index < -0.39 is 23.2 Å². The standard InChI is InChI=1S/C23H26FN3O6/c1-32-21(30)19-15(24)3-2-4-16(19)27-11-7-14(8-12-27)13-25-22(31)23(9-10-23)26-20(29)17-5-6-18(28)33-17/h2-6,14,28H,7-13H2,1H3,(H,25,31)(H,26,29). The van der Waals surface area contributed by atoms with Gasteiger partial charge in [0.15, 0.2) is 5.76 Å². The summed E-state index contributed by atoms with van der Waals surface area (Å²) in [5, 5.41) is 14.9. The van der Waals surface area contributed by atoms with E-state index in [1.54, 1.807) is 12.1 Å². The van der Waals surface area contributed by atoms with Gasteiger partial charge < -0.3 is 29.8 Å². The van der Waals surface area contributed by atoms with Gasteiger partial charge >= 0.3 is 5.97 Å². The number of nitrogens with zero attached hydrogens (tertiary/aromatic N) is 1. The Labute approximate surface area is 189 Å². The number of esters is 1. The molecule has 2 heterocycles. The van der Waals surface area contributed by atoms with Crippen LogP contribution in [0.2, 0.25) is 0 Å². The van der Waals surface area contributed by atoms with Crippen LogP contribution in [0.25, 0.3) is 0 Å². The summed E-state index contributed by atoms with van der Waals surface area (Å²) in [4.78, 5) is 38.9. The Morgan fingerprint density at radius 2 is 1.94 bits per heavy atom. The molecule has 3 N–H and O–H groups in total. The molecule has 0 atom stereocenters. The van der Waals surface area contributed by atoms with Crippen LogP contribution in [0.15, 0.2) is 34.7 Å². The van der Waals surface area contributed by atoms with Crippen molar-refractivity contribution in [2.45, 2.75) is 31.2 Å². The summed E-state index contributed by atoms with van der Waals surface area (Å²) in [5.74, 6) is -2.32. The Morgan fingerprint density at radius 1 is 1.21 bits per heavy atom. The van der Waals surface area contributed by atoms with E-state index in [4.69, 9.17) is 9.15 Å². The van der Waals surface area contributed by atoms with Gasteiger partial charge in [-0.15, -0.1) is 0 Å². The molecule has 1 aliphatic carbocycles. The molecule has 2 amide bonds. The Kier molecular flexibility index (Phi) is 6.26. The van der Waals surface area contributed by atoms with Gasteiger partial charge in [-0.1, -0.05) is 6.07 Å². The van der Waals surface area contributed by atoms with Crippen molar-refractivity contribution in [3.63, 3.8) is 0 Å². The summed E-state index contributed by atoms with van der Waals surface area (Å²) in [5.41, 5.74) is -0.507. The first-order valence-corrected chi connectivity index (χ1v) is 10.8. The summed E-state index contributed by atoms with van der Waals surface area (Å²) < 4.78 is 23.8. The minimum Gasteiger partial charge on any atom is -0.481 e. The summed E-state index contributed by atoms with van der Waals surface area (Å²) in [6.07, 6.45) is 2.57. The smallest absolute Gasteiger partial charge is 0.342 e. The number of hydrogen-bond donors (Lipinski definition) is 3. The number of rotatable bonds is 7. The molecule has 10 heteroatoms. The van der Waals surface area contributed by atoms with Gasteiger partial charge in [-0.25, -0.2) is 9.18 Å². The van der Waals surface area contributed by atoms with Gasteiger partial charge in [0.2, 0.25) is 5.91 Å². The molecule has 1 aromatic heterocycles. The fourth-order valence-electron chi connectivity index (χ4n) is 4.13. The molecule has 1 saturated carbocycles. The van der Waals surface area contributed by atoms with Crippen molar-refractivity contribution >= 4 is 23.5 Å². The Bertz CT molecular complexity index is 1060. The quantitative estimate of drug-likeness (QED) is 0.543. The number of methoxy groups -OCH3 is 1. The maximum Gasteiger partial charge on any atom is 0.342 e. The molecule has 1 aromatic carbocycles. The van der Waals surface area contributed by atoms with E-state index in [1.165, 1.54) is 25.3 Å². The third kappa shape index (κ3) is 4.79. The molecule has 33 heavy (non-hydrogen) atoms. The van der Waals surface area contributed by atoms with Crippen molar-refractivity contribution in [2.24, 2.45) is 5.92 Å². The molecule has 2 aliphatic rings. The highest BCUT2D eigenvalue weighted by molar-refractivity contribution is 5.99. The van der Waals surface area contributed by atoms with Crippen molar-refractivity contribution in [1.29, 1.82) is 0 Å². The number of ether oxygens (including phenoxy) is 1. The van der Waals surface area contributed by atoms with E-state index in [1.807, 2.05) is 4.90 Å². The lowest BCUT2D eigenvalue weighted by Gasteiger charge is -2.34. The first kappa shape index (κ1) is 22.6. The van der Waals surface area contributed by atoms with Crippen molar-refractivity contribution in [3.8, 4) is 5.95 Å². The van der Waals surface area contributed by atoms with Crippen LogP contribution in [0, 0.1) is 11.7 Å². The van der Waals surface area contributed by atoms with E-state index >= 15 is 0 Å². The van der Waals surface area contributed by atoms with E-state index in [-0.39, 0.29) is 29.1 Å². The molecule has 176 valence electrons. The van der Waals surface area contributed by atoms with Gasteiger partial charge in [-0.2, -0.15) is 0 Å². The normalized spacial score (nSPS) is 17.3. The van der Waals surface area contributed by atoms with Crippen molar-refractivity contribution in [2.75, 3.05) is 31.6 Å². The maximum atomic E-state index is 14.2. The molecule has 1 aliphatic heterocycles. The zero-order chi connectivity index (χ0) is 23.6. The van der Waals surface area contributed by atoms with Crippen LogP contribution in [0.1, 0.15) is 46.6 Å². The molecule has 0 bridgehead atoms. The minimum atomic E-state index is -0.947. The molecule has 2 aromatic rings. The van der Waals surface area contributed by atoms with E-state index in [0.717, 1.165) is 12.8 Å². The molecule has 4 rings (SSSR count). The summed E-state index contributed by atoms with van der Waals surface area (Å²) in [6.45, 7) is 1.68. The topological polar surface area (TPSA) is 121 Å². The Balaban J connectivity index is 1.29. The molecular formula is C23H26FN3O6. The number of halogens is 1. The van der Waals surface area contributed by atoms with E-state index in [2.05, 4.69) is 10.6 Å². The van der Waals surface area contributed by atoms with Gasteiger partial charge in [-0.05, 0) is 49.8 Å². The monoisotopic (exact) mass is 459 g/mol. The highest BCUT2D eigenvalue weighted by atomic mass is 19.1. The van der Waals surface area contributed by atoms with E-state index in [9.17, 15) is 23.9 Å². The van der Waals surface area contributed by atoms with Gasteiger partial charge in [0.25, 0.3) is 11.9 Å². The average Bonchev–Trinajstić information content (AvgIpc) is 3.47. The fourth-order valence-corrected chi connectivity index (χ4v) is 4.13. The molecule has 0 unspecified atom stereocenters. The highest BCUT2D eigenvalue weighted by Gasteiger charge is 2.51. The van der Waals surface area contributed by atoms with Crippen LogP contribution in [0.3, 0.4) is 0 Å². The number of aromatic hydroxyl groups is 1. The predicted molar refractivity (Wildman–Crippen MR) is 115 cm³/mol. The van der Waals surface area contributed by atoms with Crippen LogP contribution < -0.4 is 15.5 Å². The fraction of sp³-hybridized carbons (Fsp3) is 0.435. The second-order valence-corrected chi connectivity index (χ2v) is 8.44. The van der Waals surface area contributed by atoms with Gasteiger partial charge in [-0.3, -0.25) is 9.59 Å². The minimum absolute atomic E-state index is 0.0531. The number of amides is 2. The van der Waals surface area contributed by atoms with Crippen LogP contribution in [0.4, 0.5) is 10.1 Å². The van der Waals surface area contributed by atoms with Crippen molar-refractivity contribution < 1.29 is 33.0 Å². The third-order valence-electron chi connectivity index (χ3n) is 6.24. The van der Waals surface area contributed by atoms with Crippen molar-refractivity contribution in [3.05, 3.63) is 47.5 Å². The lowest BCUT2D eigenvalue weighted by molar-refractivity contribution is -0.124. The van der Waals surface area contributed by atoms with Gasteiger partial charge in [0, 0.05) is 25.7 Å². The lowest BCUT2D eigenvalue weighted by Crippen LogP contribution is -2.50. The molecular weight excluding hydrogens is 433 g/mol. The van der Waals surface area contributed by atoms with E-state index in [0.29, 0.717) is 38.2 Å². The molecule has 0 radical (unpaired) electrons. The second-order valence-electron chi connectivity index (χ2n) is 8.44. The number of carbonyl (C=O) groups excluding carboxylic acids is 3. The highest BCUT2D eigenvalue weighted by Crippen LogP contribution is 2.36. The lowest BCUT2D eigenvalue weighted by atomic mass is 9.95. The largest absolute Gasteiger partial charge is 0.481 e. The number of furan rings is 1. The van der Waals surface area contributed by atoms with Crippen LogP contribution >= 0.6 is 0 Å². The number of piperidine rings is 1. The second kappa shape index (κ2) is 9.13. The molecule has 2 fully saturated rings. The zero-order valence-electron chi connectivity index (χ0n) is 18.2. The zero-order valence-corrected chi connectivity index (χ0v) is 18.2. The molecule has 1 saturated heterocycles. The van der Waals surface area contributed by atoms with Crippen LogP contribution in [-0.2, 0) is 9.53 Å². The third-order valence-corrected chi connectivity index (χ3v) is 6.24. The van der Waals surface area contributed by atoms with Crippen molar-refractivity contribution in [1.82, 2.24) is 10.6 Å². The number of hydrogen-bond acceptors (Lipinski definition) is 7. The number of nitrogens with one attached hydrogen (secondary N) is 2. The Hall–Kier alpha value is -3.56. The molecule has 9 nitrogen and oxygen atoms in total. The predicted octanol–water partition coefficient (Wildman–Crippen LogP) is 2.21. The number of benzene rings is 1. The molecule has 0 spiro atoms. The Morgan fingerprint density at radius 3 is 2.55 bits per heavy atom. The summed E-state index contributed by atoms with van der Waals surface area (Å²) >= 11 is 0. The first-order chi connectivity index (χ1) is 15.8. The number of anilines is 1. The van der Waals surface area contributed by atoms with Gasteiger partial charge in [0.1, 0.15) is 16.9 Å². The maximum absolute atomic E-state index is 14.2. The van der Waals surface area contributed by atoms with Gasteiger partial charge in [0.05, 0.1) is 12.8 Å². The summed E-state index contributed by atoms with van der Waals surface area (Å²) in [7, 11) is 1.22. The first-order valence-electron chi connectivity index (χ1n) is 10.8. The van der Waals surface area contributed by atoms with Crippen LogP contribution in [-0.4, -0.2) is 55.2 Å². The SMILES string of the molecule is COC(=O)c1c(F)cccc1N1CCC(CNC(=O)C2(NC(=O)c3ccc(O)o3)CC2)CC1. The van der Waals surface area contributed by atoms with Crippen LogP contribution in [0.5, 0.6) is 5.95 Å². The average molecular weight is 459 g/mol. The summed E-state index contributed by atoms with van der Waals surface area (Å²) in [6, 6.07) is 7.11. The number of carbonyl (C=O) groups is 3.